The molecule has 19 heavy (non-hydrogen) atoms. The molecule has 0 saturated carbocycles. The minimum atomic E-state index is -1.04. The van der Waals surface area contributed by atoms with Gasteiger partial charge in [-0.1, -0.05) is 12.1 Å². The van der Waals surface area contributed by atoms with E-state index in [2.05, 4.69) is 15.3 Å². The van der Waals surface area contributed by atoms with Crippen LogP contribution in [0.25, 0.3) is 11.0 Å². The van der Waals surface area contributed by atoms with E-state index >= 15 is 0 Å². The molecule has 1 atom stereocenters. The molecule has 1 saturated heterocycles. The molecule has 0 unspecified atom stereocenters. The Bertz CT molecular complexity index is 596. The third-order valence-electron chi connectivity index (χ3n) is 3.51. The molecular weight excluding hydrogens is 258 g/mol. The molecular formula is C14H17N3OS. The lowest BCUT2D eigenvalue weighted by Gasteiger charge is -2.21. The summed E-state index contributed by atoms with van der Waals surface area (Å²) >= 11 is 0. The van der Waals surface area contributed by atoms with Crippen molar-refractivity contribution >= 4 is 21.8 Å². The number of piperidine rings is 1. The highest BCUT2D eigenvalue weighted by Crippen LogP contribution is 2.17. The summed E-state index contributed by atoms with van der Waals surface area (Å²) in [4.78, 5) is 8.79. The Morgan fingerprint density at radius 2 is 1.95 bits per heavy atom. The average molecular weight is 275 g/mol. The molecule has 2 aromatic rings. The molecule has 2 heterocycles. The Balaban J connectivity index is 1.77. The number of nitrogens with zero attached hydrogens (tertiary/aromatic N) is 2. The second-order valence-electron chi connectivity index (χ2n) is 4.90. The van der Waals surface area contributed by atoms with E-state index < -0.39 is 10.8 Å². The van der Waals surface area contributed by atoms with Gasteiger partial charge in [0.15, 0.2) is 0 Å². The van der Waals surface area contributed by atoms with Crippen molar-refractivity contribution in [2.75, 3.05) is 18.8 Å². The summed E-state index contributed by atoms with van der Waals surface area (Å²) in [5, 5.41) is 3.93. The molecule has 0 aliphatic carbocycles. The Morgan fingerprint density at radius 3 is 2.74 bits per heavy atom. The summed E-state index contributed by atoms with van der Waals surface area (Å²) in [6.07, 6.45) is 3.86. The van der Waals surface area contributed by atoms with Crippen LogP contribution in [-0.4, -0.2) is 33.0 Å². The van der Waals surface area contributed by atoms with Crippen LogP contribution in [0.2, 0.25) is 0 Å². The topological polar surface area (TPSA) is 54.9 Å². The molecule has 0 radical (unpaired) electrons. The fourth-order valence-electron chi connectivity index (χ4n) is 2.40. The van der Waals surface area contributed by atoms with Crippen molar-refractivity contribution < 1.29 is 4.21 Å². The average Bonchev–Trinajstić information content (AvgIpc) is 2.48. The molecule has 1 fully saturated rings. The Morgan fingerprint density at radius 1 is 1.21 bits per heavy atom. The third kappa shape index (κ3) is 2.98. The summed E-state index contributed by atoms with van der Waals surface area (Å²) < 4.78 is 12.3. The monoisotopic (exact) mass is 275 g/mol. The minimum Gasteiger partial charge on any atom is -0.317 e. The maximum atomic E-state index is 12.3. The summed E-state index contributed by atoms with van der Waals surface area (Å²) in [6, 6.07) is 7.69. The molecule has 3 rings (SSSR count). The van der Waals surface area contributed by atoms with E-state index in [1.54, 1.807) is 6.20 Å². The standard InChI is InChI=1S/C14H17N3OS/c18-19(10-11-5-7-15-8-6-11)14-9-16-12-3-1-2-4-13(12)17-14/h1-4,9,11,15H,5-8,10H2/t19-/m0/s1. The number of fused-ring (bicyclic) bond motifs is 1. The third-order valence-corrected chi connectivity index (χ3v) is 4.94. The first-order valence-corrected chi connectivity index (χ1v) is 7.96. The van der Waals surface area contributed by atoms with Gasteiger partial charge in [0.1, 0.15) is 5.03 Å². The van der Waals surface area contributed by atoms with E-state index in [4.69, 9.17) is 0 Å². The van der Waals surface area contributed by atoms with Crippen LogP contribution in [0.3, 0.4) is 0 Å². The molecule has 5 heteroatoms. The molecule has 1 aliphatic rings. The first-order valence-electron chi connectivity index (χ1n) is 6.64. The number of para-hydroxylation sites is 2. The zero-order chi connectivity index (χ0) is 13.1. The molecule has 100 valence electrons. The van der Waals surface area contributed by atoms with Crippen LogP contribution in [0.15, 0.2) is 35.5 Å². The predicted octanol–water partition coefficient (Wildman–Crippen LogP) is 1.74. The zero-order valence-corrected chi connectivity index (χ0v) is 11.5. The van der Waals surface area contributed by atoms with Crippen molar-refractivity contribution in [3.8, 4) is 0 Å². The van der Waals surface area contributed by atoms with Gasteiger partial charge in [-0.05, 0) is 44.0 Å². The van der Waals surface area contributed by atoms with Crippen molar-refractivity contribution in [2.45, 2.75) is 17.9 Å². The van der Waals surface area contributed by atoms with Gasteiger partial charge < -0.3 is 5.32 Å². The van der Waals surface area contributed by atoms with Crippen molar-refractivity contribution in [2.24, 2.45) is 5.92 Å². The van der Waals surface area contributed by atoms with Crippen molar-refractivity contribution in [3.63, 3.8) is 0 Å². The van der Waals surface area contributed by atoms with Gasteiger partial charge >= 0.3 is 0 Å². The SMILES string of the molecule is O=[S@@](CC1CCNCC1)c1cnc2ccccc2n1. The van der Waals surface area contributed by atoms with Crippen LogP contribution < -0.4 is 5.32 Å². The van der Waals surface area contributed by atoms with Crippen molar-refractivity contribution in [3.05, 3.63) is 30.5 Å². The fraction of sp³-hybridized carbons (Fsp3) is 0.429. The van der Waals surface area contributed by atoms with Gasteiger partial charge in [-0.2, -0.15) is 0 Å². The van der Waals surface area contributed by atoms with Crippen LogP contribution in [0.5, 0.6) is 0 Å². The number of hydrogen-bond acceptors (Lipinski definition) is 4. The number of hydrogen-bond donors (Lipinski definition) is 1. The zero-order valence-electron chi connectivity index (χ0n) is 10.7. The van der Waals surface area contributed by atoms with Crippen LogP contribution >= 0.6 is 0 Å². The van der Waals surface area contributed by atoms with E-state index in [-0.39, 0.29) is 0 Å². The van der Waals surface area contributed by atoms with E-state index in [1.807, 2.05) is 24.3 Å². The molecule has 0 spiro atoms. The highest BCUT2D eigenvalue weighted by atomic mass is 32.2. The molecule has 1 aromatic carbocycles. The highest BCUT2D eigenvalue weighted by Gasteiger charge is 2.18. The van der Waals surface area contributed by atoms with E-state index in [0.29, 0.717) is 16.7 Å². The van der Waals surface area contributed by atoms with Crippen molar-refractivity contribution in [1.29, 1.82) is 0 Å². The van der Waals surface area contributed by atoms with Gasteiger partial charge in [-0.15, -0.1) is 0 Å². The molecule has 4 nitrogen and oxygen atoms in total. The minimum absolute atomic E-state index is 0.537. The highest BCUT2D eigenvalue weighted by molar-refractivity contribution is 7.84. The number of aromatic nitrogens is 2. The van der Waals surface area contributed by atoms with Gasteiger partial charge in [0.2, 0.25) is 0 Å². The first kappa shape index (κ1) is 12.7. The second kappa shape index (κ2) is 5.75. The first-order chi connectivity index (χ1) is 9.33. The van der Waals surface area contributed by atoms with Gasteiger partial charge in [0, 0.05) is 5.75 Å². The quantitative estimate of drug-likeness (QED) is 0.927. The summed E-state index contributed by atoms with van der Waals surface area (Å²) in [5.41, 5.74) is 1.67. The molecule has 1 N–H and O–H groups in total. The largest absolute Gasteiger partial charge is 0.317 e. The molecule has 0 bridgehead atoms. The Hall–Kier alpha value is -1.33. The Labute approximate surface area is 115 Å². The lowest BCUT2D eigenvalue weighted by Crippen LogP contribution is -2.30. The number of benzene rings is 1. The van der Waals surface area contributed by atoms with Crippen LogP contribution in [0.1, 0.15) is 12.8 Å². The Kier molecular flexibility index (Phi) is 3.84. The van der Waals surface area contributed by atoms with Gasteiger partial charge in [0.05, 0.1) is 28.0 Å². The summed E-state index contributed by atoms with van der Waals surface area (Å²) in [7, 11) is -1.04. The van der Waals surface area contributed by atoms with E-state index in [1.165, 1.54) is 0 Å². The number of rotatable bonds is 3. The van der Waals surface area contributed by atoms with E-state index in [0.717, 1.165) is 37.0 Å². The smallest absolute Gasteiger partial charge is 0.146 e. The maximum Gasteiger partial charge on any atom is 0.146 e. The predicted molar refractivity (Wildman–Crippen MR) is 76.4 cm³/mol. The summed E-state index contributed by atoms with van der Waals surface area (Å²) in [6.45, 7) is 2.07. The summed E-state index contributed by atoms with van der Waals surface area (Å²) in [5.74, 6) is 1.24. The lowest BCUT2D eigenvalue weighted by molar-refractivity contribution is 0.405. The van der Waals surface area contributed by atoms with Gasteiger partial charge in [0.25, 0.3) is 0 Å². The number of nitrogens with one attached hydrogen (secondary N) is 1. The van der Waals surface area contributed by atoms with Gasteiger partial charge in [-0.25, -0.2) is 4.98 Å². The van der Waals surface area contributed by atoms with Crippen molar-refractivity contribution in [1.82, 2.24) is 15.3 Å². The fourth-order valence-corrected chi connectivity index (χ4v) is 3.70. The van der Waals surface area contributed by atoms with Crippen LogP contribution in [-0.2, 0) is 10.8 Å². The molecule has 1 aromatic heterocycles. The lowest BCUT2D eigenvalue weighted by atomic mass is 10.0. The van der Waals surface area contributed by atoms with Gasteiger partial charge in [-0.3, -0.25) is 9.19 Å². The molecule has 1 aliphatic heterocycles. The normalized spacial score (nSPS) is 18.5. The second-order valence-corrected chi connectivity index (χ2v) is 6.35. The van der Waals surface area contributed by atoms with E-state index in [9.17, 15) is 4.21 Å². The molecule has 0 amide bonds. The maximum absolute atomic E-state index is 12.3. The van der Waals surface area contributed by atoms with Crippen LogP contribution in [0.4, 0.5) is 0 Å². The van der Waals surface area contributed by atoms with Crippen LogP contribution in [0, 0.1) is 5.92 Å².